The van der Waals surface area contributed by atoms with Gasteiger partial charge in [0.15, 0.2) is 0 Å². The molecular weight excluding hydrogens is 198 g/mol. The highest BCUT2D eigenvalue weighted by atomic mass is 32.1. The summed E-state index contributed by atoms with van der Waals surface area (Å²) in [6.45, 7) is 8.15. The number of ether oxygens (including phenoxy) is 2. The lowest BCUT2D eigenvalue weighted by molar-refractivity contribution is -0.297. The van der Waals surface area contributed by atoms with Crippen molar-refractivity contribution in [2.75, 3.05) is 32.6 Å². The summed E-state index contributed by atoms with van der Waals surface area (Å²) < 4.78 is 11.2. The molecule has 0 spiro atoms. The minimum absolute atomic E-state index is 0.591. The SMILES string of the molecule is CCOC(C)(OCC)N(C)CCCS. The van der Waals surface area contributed by atoms with E-state index in [2.05, 4.69) is 17.5 Å². The van der Waals surface area contributed by atoms with E-state index in [-0.39, 0.29) is 0 Å². The van der Waals surface area contributed by atoms with Gasteiger partial charge in [-0.3, -0.25) is 4.90 Å². The van der Waals surface area contributed by atoms with E-state index in [4.69, 9.17) is 9.47 Å². The van der Waals surface area contributed by atoms with E-state index in [9.17, 15) is 0 Å². The Morgan fingerprint density at radius 2 is 1.71 bits per heavy atom. The molecule has 0 saturated carbocycles. The molecule has 0 bridgehead atoms. The van der Waals surface area contributed by atoms with Crippen LogP contribution in [-0.2, 0) is 9.47 Å². The molecule has 0 aliphatic carbocycles. The van der Waals surface area contributed by atoms with Gasteiger partial charge in [0.2, 0.25) is 5.91 Å². The molecule has 3 nitrogen and oxygen atoms in total. The minimum atomic E-state index is -0.591. The van der Waals surface area contributed by atoms with Crippen molar-refractivity contribution in [2.45, 2.75) is 33.1 Å². The van der Waals surface area contributed by atoms with Crippen molar-refractivity contribution in [1.82, 2.24) is 4.90 Å². The average Bonchev–Trinajstić information content (AvgIpc) is 2.15. The maximum atomic E-state index is 5.61. The van der Waals surface area contributed by atoms with Crippen molar-refractivity contribution in [3.63, 3.8) is 0 Å². The van der Waals surface area contributed by atoms with Gasteiger partial charge >= 0.3 is 0 Å². The summed E-state index contributed by atoms with van der Waals surface area (Å²) in [5.41, 5.74) is 0. The predicted molar refractivity (Wildman–Crippen MR) is 62.8 cm³/mol. The Morgan fingerprint density at radius 3 is 2.07 bits per heavy atom. The van der Waals surface area contributed by atoms with Crippen LogP contribution in [-0.4, -0.2) is 43.4 Å². The predicted octanol–water partition coefficient (Wildman–Crippen LogP) is 1.98. The summed E-state index contributed by atoms with van der Waals surface area (Å²) >= 11 is 4.19. The van der Waals surface area contributed by atoms with Gasteiger partial charge in [0.25, 0.3) is 0 Å². The molecule has 0 aromatic rings. The Bertz CT molecular complexity index is 138. The van der Waals surface area contributed by atoms with E-state index in [1.165, 1.54) is 0 Å². The van der Waals surface area contributed by atoms with Gasteiger partial charge < -0.3 is 9.47 Å². The monoisotopic (exact) mass is 221 g/mol. The third-order valence-electron chi connectivity index (χ3n) is 2.17. The van der Waals surface area contributed by atoms with Crippen LogP contribution >= 0.6 is 12.6 Å². The normalized spacial score (nSPS) is 12.4. The van der Waals surface area contributed by atoms with Gasteiger partial charge in [0.05, 0.1) is 0 Å². The summed E-state index contributed by atoms with van der Waals surface area (Å²) in [4.78, 5) is 2.08. The highest BCUT2D eigenvalue weighted by Gasteiger charge is 2.29. The molecule has 4 heteroatoms. The maximum Gasteiger partial charge on any atom is 0.226 e. The number of nitrogens with zero attached hydrogens (tertiary/aromatic N) is 1. The van der Waals surface area contributed by atoms with E-state index < -0.39 is 5.91 Å². The van der Waals surface area contributed by atoms with Crippen molar-refractivity contribution in [2.24, 2.45) is 0 Å². The van der Waals surface area contributed by atoms with Gasteiger partial charge in [-0.1, -0.05) is 0 Å². The second kappa shape index (κ2) is 7.51. The van der Waals surface area contributed by atoms with Crippen LogP contribution in [0.1, 0.15) is 27.2 Å². The average molecular weight is 221 g/mol. The minimum Gasteiger partial charge on any atom is -0.338 e. The van der Waals surface area contributed by atoms with Gasteiger partial charge in [-0.05, 0) is 33.1 Å². The Kier molecular flexibility index (Phi) is 7.64. The lowest BCUT2D eigenvalue weighted by Gasteiger charge is -2.37. The molecule has 0 aliphatic heterocycles. The summed E-state index contributed by atoms with van der Waals surface area (Å²) in [7, 11) is 2.01. The van der Waals surface area contributed by atoms with Gasteiger partial charge in [-0.2, -0.15) is 12.6 Å². The zero-order chi connectivity index (χ0) is 11.0. The van der Waals surface area contributed by atoms with Crippen LogP contribution < -0.4 is 0 Å². The molecule has 0 aromatic carbocycles. The molecule has 0 heterocycles. The highest BCUT2D eigenvalue weighted by Crippen LogP contribution is 2.17. The number of hydrogen-bond donors (Lipinski definition) is 1. The van der Waals surface area contributed by atoms with Crippen LogP contribution in [0.5, 0.6) is 0 Å². The van der Waals surface area contributed by atoms with Crippen molar-refractivity contribution < 1.29 is 9.47 Å². The van der Waals surface area contributed by atoms with Crippen LogP contribution in [0.2, 0.25) is 0 Å². The summed E-state index contributed by atoms with van der Waals surface area (Å²) in [5, 5.41) is 0. The van der Waals surface area contributed by atoms with Crippen molar-refractivity contribution in [3.05, 3.63) is 0 Å². The first kappa shape index (κ1) is 14.2. The fourth-order valence-corrected chi connectivity index (χ4v) is 1.45. The van der Waals surface area contributed by atoms with Crippen LogP contribution in [0.4, 0.5) is 0 Å². The van der Waals surface area contributed by atoms with E-state index in [1.54, 1.807) is 0 Å². The van der Waals surface area contributed by atoms with Gasteiger partial charge in [-0.25, -0.2) is 0 Å². The second-order valence-electron chi connectivity index (χ2n) is 3.26. The molecule has 0 aromatic heterocycles. The van der Waals surface area contributed by atoms with Gasteiger partial charge in [0, 0.05) is 26.7 Å². The molecule has 0 radical (unpaired) electrons. The smallest absolute Gasteiger partial charge is 0.226 e. The first-order valence-corrected chi connectivity index (χ1v) is 5.84. The Balaban J connectivity index is 4.15. The lowest BCUT2D eigenvalue weighted by Crippen LogP contribution is -2.49. The largest absolute Gasteiger partial charge is 0.338 e. The van der Waals surface area contributed by atoms with Crippen molar-refractivity contribution in [3.8, 4) is 0 Å². The summed E-state index contributed by atoms with van der Waals surface area (Å²) in [5.74, 6) is 0.297. The van der Waals surface area contributed by atoms with E-state index in [0.29, 0.717) is 13.2 Å². The Hall–Kier alpha value is 0.230. The van der Waals surface area contributed by atoms with E-state index in [1.807, 2.05) is 27.8 Å². The van der Waals surface area contributed by atoms with E-state index >= 15 is 0 Å². The fourth-order valence-electron chi connectivity index (χ4n) is 1.31. The summed E-state index contributed by atoms with van der Waals surface area (Å²) in [6.07, 6.45) is 1.04. The Morgan fingerprint density at radius 1 is 1.21 bits per heavy atom. The molecule has 0 rings (SSSR count). The van der Waals surface area contributed by atoms with Crippen LogP contribution in [0.3, 0.4) is 0 Å². The Labute approximate surface area is 93.2 Å². The van der Waals surface area contributed by atoms with Crippen molar-refractivity contribution >= 4 is 12.6 Å². The first-order chi connectivity index (χ1) is 6.60. The number of rotatable bonds is 8. The molecular formula is C10H23NO2S. The molecule has 14 heavy (non-hydrogen) atoms. The summed E-state index contributed by atoms with van der Waals surface area (Å²) in [6, 6.07) is 0. The molecule has 0 saturated heterocycles. The van der Waals surface area contributed by atoms with E-state index in [0.717, 1.165) is 18.7 Å². The fraction of sp³-hybridized carbons (Fsp3) is 1.00. The topological polar surface area (TPSA) is 21.7 Å². The van der Waals surface area contributed by atoms with Gasteiger partial charge in [0.1, 0.15) is 0 Å². The maximum absolute atomic E-state index is 5.61. The second-order valence-corrected chi connectivity index (χ2v) is 3.71. The molecule has 0 atom stereocenters. The molecule has 0 fully saturated rings. The molecule has 0 N–H and O–H groups in total. The molecule has 0 amide bonds. The first-order valence-electron chi connectivity index (χ1n) is 5.20. The van der Waals surface area contributed by atoms with Crippen LogP contribution in [0.25, 0.3) is 0 Å². The number of hydrogen-bond acceptors (Lipinski definition) is 4. The highest BCUT2D eigenvalue weighted by molar-refractivity contribution is 7.80. The molecule has 0 unspecified atom stereocenters. The van der Waals surface area contributed by atoms with Gasteiger partial charge in [-0.15, -0.1) is 0 Å². The van der Waals surface area contributed by atoms with Crippen LogP contribution in [0, 0.1) is 0 Å². The van der Waals surface area contributed by atoms with Crippen molar-refractivity contribution in [1.29, 1.82) is 0 Å². The zero-order valence-corrected chi connectivity index (χ0v) is 10.6. The molecule has 0 aliphatic rings. The quantitative estimate of drug-likeness (QED) is 0.500. The zero-order valence-electron chi connectivity index (χ0n) is 9.75. The third-order valence-corrected chi connectivity index (χ3v) is 2.49. The standard InChI is InChI=1S/C10H23NO2S/c1-5-12-10(3,13-6-2)11(4)8-7-9-14/h14H,5-9H2,1-4H3. The van der Waals surface area contributed by atoms with Crippen LogP contribution in [0.15, 0.2) is 0 Å². The lowest BCUT2D eigenvalue weighted by atomic mass is 10.4. The molecule has 86 valence electrons. The number of thiol groups is 1. The third kappa shape index (κ3) is 4.64.